The summed E-state index contributed by atoms with van der Waals surface area (Å²) in [4.78, 5) is 14.6. The fourth-order valence-electron chi connectivity index (χ4n) is 4.06. The molecular weight excluding hydrogens is 345 g/mol. The minimum atomic E-state index is -4.50. The number of hydrogen-bond donors (Lipinski definition) is 1. The third kappa shape index (κ3) is 2.98. The molecule has 8 heteroatoms. The molecule has 5 nitrogen and oxygen atoms in total. The zero-order valence-corrected chi connectivity index (χ0v) is 14.0. The average molecular weight is 364 g/mol. The summed E-state index contributed by atoms with van der Waals surface area (Å²) < 4.78 is 39.3. The molecule has 1 saturated heterocycles. The van der Waals surface area contributed by atoms with Gasteiger partial charge in [-0.1, -0.05) is 6.07 Å². The Labute approximate surface area is 148 Å². The van der Waals surface area contributed by atoms with Crippen molar-refractivity contribution in [1.29, 1.82) is 0 Å². The number of rotatable bonds is 2. The first-order valence-electron chi connectivity index (χ1n) is 8.61. The highest BCUT2D eigenvalue weighted by Gasteiger charge is 2.42. The first-order chi connectivity index (χ1) is 12.3. The van der Waals surface area contributed by atoms with Gasteiger partial charge in [-0.05, 0) is 48.9 Å². The zero-order chi connectivity index (χ0) is 18.5. The van der Waals surface area contributed by atoms with E-state index in [9.17, 15) is 18.0 Å². The molecular formula is C18H19F3N4O. The maximum absolute atomic E-state index is 12.8. The van der Waals surface area contributed by atoms with Gasteiger partial charge in [0.05, 0.1) is 5.69 Å². The Morgan fingerprint density at radius 2 is 2.00 bits per heavy atom. The van der Waals surface area contributed by atoms with Gasteiger partial charge in [-0.25, -0.2) is 4.68 Å². The summed E-state index contributed by atoms with van der Waals surface area (Å²) in [5, 5.41) is 3.56. The molecule has 0 spiro atoms. The number of hydrogen-bond acceptors (Lipinski definition) is 3. The fraction of sp³-hybridized carbons (Fsp3) is 0.444. The van der Waals surface area contributed by atoms with Crippen LogP contribution in [0.4, 0.5) is 13.2 Å². The number of carbonyl (C=O) groups is 1. The molecule has 1 aliphatic heterocycles. The second kappa shape index (κ2) is 6.12. The normalized spacial score (nSPS) is 25.5. The summed E-state index contributed by atoms with van der Waals surface area (Å²) in [5.41, 5.74) is 6.02. The highest BCUT2D eigenvalue weighted by molar-refractivity contribution is 5.95. The molecule has 3 atom stereocenters. The molecule has 2 aromatic rings. The summed E-state index contributed by atoms with van der Waals surface area (Å²) in [6.07, 6.45) is -1.20. The van der Waals surface area contributed by atoms with Crippen molar-refractivity contribution in [2.75, 3.05) is 13.1 Å². The molecule has 2 heterocycles. The van der Waals surface area contributed by atoms with Crippen molar-refractivity contribution in [3.63, 3.8) is 0 Å². The van der Waals surface area contributed by atoms with Crippen molar-refractivity contribution >= 4 is 5.91 Å². The summed E-state index contributed by atoms with van der Waals surface area (Å²) in [7, 11) is 0. The maximum Gasteiger partial charge on any atom is 0.435 e. The van der Waals surface area contributed by atoms with Crippen molar-refractivity contribution in [2.24, 2.45) is 17.6 Å². The molecule has 0 bridgehead atoms. The number of alkyl halides is 3. The van der Waals surface area contributed by atoms with Crippen LogP contribution in [-0.2, 0) is 6.18 Å². The van der Waals surface area contributed by atoms with Crippen LogP contribution in [0.15, 0.2) is 36.5 Å². The number of carbonyl (C=O) groups excluding carboxylic acids is 1. The number of fused-ring (bicyclic) bond motifs is 1. The smallest absolute Gasteiger partial charge is 0.338 e. The van der Waals surface area contributed by atoms with Gasteiger partial charge in [0, 0.05) is 30.9 Å². The third-order valence-electron chi connectivity index (χ3n) is 5.44. The quantitative estimate of drug-likeness (QED) is 0.891. The zero-order valence-electron chi connectivity index (χ0n) is 14.0. The second-order valence-corrected chi connectivity index (χ2v) is 7.07. The molecule has 2 aliphatic rings. The Hall–Kier alpha value is -2.35. The van der Waals surface area contributed by atoms with Gasteiger partial charge in [0.2, 0.25) is 0 Å². The number of halogens is 3. The van der Waals surface area contributed by atoms with E-state index in [1.54, 1.807) is 29.2 Å². The highest BCUT2D eigenvalue weighted by atomic mass is 19.4. The number of likely N-dealkylation sites (tertiary alicyclic amines) is 1. The lowest BCUT2D eigenvalue weighted by Gasteiger charge is -2.19. The van der Waals surface area contributed by atoms with Crippen LogP contribution in [0.25, 0.3) is 5.69 Å². The van der Waals surface area contributed by atoms with Crippen LogP contribution in [0.5, 0.6) is 0 Å². The van der Waals surface area contributed by atoms with E-state index in [0.717, 1.165) is 23.6 Å². The average Bonchev–Trinajstić information content (AvgIpc) is 3.31. The van der Waals surface area contributed by atoms with Crippen LogP contribution in [-0.4, -0.2) is 39.7 Å². The topological polar surface area (TPSA) is 64.2 Å². The van der Waals surface area contributed by atoms with Crippen molar-refractivity contribution in [1.82, 2.24) is 14.7 Å². The maximum atomic E-state index is 12.8. The van der Waals surface area contributed by atoms with Gasteiger partial charge in [0.15, 0.2) is 5.69 Å². The van der Waals surface area contributed by atoms with E-state index in [4.69, 9.17) is 5.73 Å². The lowest BCUT2D eigenvalue weighted by atomic mass is 9.98. The van der Waals surface area contributed by atoms with E-state index in [1.165, 1.54) is 6.20 Å². The molecule has 2 fully saturated rings. The molecule has 1 amide bonds. The van der Waals surface area contributed by atoms with E-state index in [2.05, 4.69) is 5.10 Å². The minimum absolute atomic E-state index is 0.114. The van der Waals surface area contributed by atoms with Crippen molar-refractivity contribution in [2.45, 2.75) is 25.1 Å². The molecule has 1 saturated carbocycles. The molecule has 1 aromatic carbocycles. The summed E-state index contributed by atoms with van der Waals surface area (Å²) in [5.74, 6) is 0.692. The van der Waals surface area contributed by atoms with Gasteiger partial charge in [0.25, 0.3) is 5.91 Å². The Bertz CT molecular complexity index is 832. The molecule has 4 rings (SSSR count). The standard InChI is InChI=1S/C18H19F3N4O/c19-18(20,21)16-6-7-25(23-16)13-3-1-2-11(8-13)17(26)24-9-12-4-5-15(22)14(12)10-24/h1-3,6-8,12,14-15H,4-5,9-10,22H2. The van der Waals surface area contributed by atoms with Crippen molar-refractivity contribution < 1.29 is 18.0 Å². The number of nitrogens with zero attached hydrogens (tertiary/aromatic N) is 3. The monoisotopic (exact) mass is 364 g/mol. The molecule has 138 valence electrons. The summed E-state index contributed by atoms with van der Waals surface area (Å²) in [6.45, 7) is 1.34. The lowest BCUT2D eigenvalue weighted by Crippen LogP contribution is -2.33. The minimum Gasteiger partial charge on any atom is -0.338 e. The van der Waals surface area contributed by atoms with E-state index in [1.807, 2.05) is 0 Å². The first kappa shape index (κ1) is 17.1. The Morgan fingerprint density at radius 3 is 2.69 bits per heavy atom. The molecule has 1 aromatic heterocycles. The molecule has 0 radical (unpaired) electrons. The fourth-order valence-corrected chi connectivity index (χ4v) is 4.06. The Balaban J connectivity index is 1.54. The van der Waals surface area contributed by atoms with Crippen LogP contribution in [0.1, 0.15) is 28.9 Å². The highest BCUT2D eigenvalue weighted by Crippen LogP contribution is 2.37. The lowest BCUT2D eigenvalue weighted by molar-refractivity contribution is -0.141. The van der Waals surface area contributed by atoms with Gasteiger partial charge < -0.3 is 10.6 Å². The van der Waals surface area contributed by atoms with Crippen LogP contribution in [0, 0.1) is 11.8 Å². The first-order valence-corrected chi connectivity index (χ1v) is 8.61. The third-order valence-corrected chi connectivity index (χ3v) is 5.44. The Kier molecular flexibility index (Phi) is 4.02. The number of amides is 1. The molecule has 1 aliphatic carbocycles. The summed E-state index contributed by atoms with van der Waals surface area (Å²) in [6, 6.07) is 7.59. The number of nitrogens with two attached hydrogens (primary N) is 1. The molecule has 2 N–H and O–H groups in total. The number of aromatic nitrogens is 2. The Morgan fingerprint density at radius 1 is 1.19 bits per heavy atom. The van der Waals surface area contributed by atoms with E-state index in [-0.39, 0.29) is 11.9 Å². The van der Waals surface area contributed by atoms with Crippen LogP contribution >= 0.6 is 0 Å². The molecule has 3 unspecified atom stereocenters. The second-order valence-electron chi connectivity index (χ2n) is 7.07. The van der Waals surface area contributed by atoms with Gasteiger partial charge in [-0.2, -0.15) is 18.3 Å². The summed E-state index contributed by atoms with van der Waals surface area (Å²) >= 11 is 0. The van der Waals surface area contributed by atoms with E-state index < -0.39 is 11.9 Å². The van der Waals surface area contributed by atoms with Crippen LogP contribution in [0.2, 0.25) is 0 Å². The van der Waals surface area contributed by atoms with Gasteiger partial charge >= 0.3 is 6.18 Å². The SMILES string of the molecule is NC1CCC2CN(C(=O)c3cccc(-n4ccc(C(F)(F)F)n4)c3)CC12. The van der Waals surface area contributed by atoms with Gasteiger partial charge in [-0.15, -0.1) is 0 Å². The van der Waals surface area contributed by atoms with Crippen LogP contribution in [0.3, 0.4) is 0 Å². The predicted octanol–water partition coefficient (Wildman–Crippen LogP) is 2.70. The van der Waals surface area contributed by atoms with Crippen molar-refractivity contribution in [3.8, 4) is 5.69 Å². The van der Waals surface area contributed by atoms with E-state index in [0.29, 0.717) is 36.2 Å². The number of benzene rings is 1. The van der Waals surface area contributed by atoms with E-state index >= 15 is 0 Å². The van der Waals surface area contributed by atoms with Gasteiger partial charge in [-0.3, -0.25) is 4.79 Å². The van der Waals surface area contributed by atoms with Crippen molar-refractivity contribution in [3.05, 3.63) is 47.8 Å². The van der Waals surface area contributed by atoms with Gasteiger partial charge in [0.1, 0.15) is 0 Å². The predicted molar refractivity (Wildman–Crippen MR) is 88.7 cm³/mol. The van der Waals surface area contributed by atoms with Crippen LogP contribution < -0.4 is 5.73 Å². The molecule has 26 heavy (non-hydrogen) atoms. The largest absolute Gasteiger partial charge is 0.435 e.